The highest BCUT2D eigenvalue weighted by atomic mass is 16.5. The summed E-state index contributed by atoms with van der Waals surface area (Å²) in [7, 11) is 3.01. The zero-order valence-corrected chi connectivity index (χ0v) is 18.9. The van der Waals surface area contributed by atoms with E-state index in [4.69, 9.17) is 9.47 Å². The second-order valence-corrected chi connectivity index (χ2v) is 7.78. The van der Waals surface area contributed by atoms with Gasteiger partial charge in [-0.05, 0) is 11.1 Å². The Kier molecular flexibility index (Phi) is 6.77. The quantitative estimate of drug-likeness (QED) is 0.517. The molecule has 0 aromatic heterocycles. The molecule has 0 spiro atoms. The second-order valence-electron chi connectivity index (χ2n) is 7.78. The topological polar surface area (TPSA) is 88.2 Å². The van der Waals surface area contributed by atoms with Gasteiger partial charge in [-0.2, -0.15) is 0 Å². The molecule has 1 saturated heterocycles. The molecule has 3 aromatic rings. The van der Waals surface area contributed by atoms with Crippen molar-refractivity contribution < 1.29 is 23.9 Å². The number of rotatable bonds is 8. The number of ether oxygens (including phenoxy) is 2. The van der Waals surface area contributed by atoms with Gasteiger partial charge in [0.2, 0.25) is 5.91 Å². The summed E-state index contributed by atoms with van der Waals surface area (Å²) in [4.78, 5) is 42.0. The molecule has 1 fully saturated rings. The van der Waals surface area contributed by atoms with Gasteiger partial charge < -0.3 is 19.7 Å². The van der Waals surface area contributed by atoms with E-state index in [9.17, 15) is 14.4 Å². The summed E-state index contributed by atoms with van der Waals surface area (Å²) < 4.78 is 10.4. The van der Waals surface area contributed by atoms with Crippen LogP contribution < -0.4 is 14.8 Å². The Hall–Kier alpha value is -4.33. The van der Waals surface area contributed by atoms with Gasteiger partial charge in [-0.25, -0.2) is 4.79 Å². The molecule has 8 heteroatoms. The molecule has 3 aromatic carbocycles. The van der Waals surface area contributed by atoms with E-state index in [1.807, 2.05) is 48.5 Å². The number of imide groups is 1. The van der Waals surface area contributed by atoms with Crippen LogP contribution in [-0.2, 0) is 16.1 Å². The van der Waals surface area contributed by atoms with Crippen molar-refractivity contribution in [1.29, 1.82) is 0 Å². The number of methoxy groups -OCH3 is 2. The van der Waals surface area contributed by atoms with Gasteiger partial charge in [0.15, 0.2) is 0 Å². The number of nitrogens with zero attached hydrogens (tertiary/aromatic N) is 2. The molecular formula is C26H25N3O5. The van der Waals surface area contributed by atoms with Gasteiger partial charge >= 0.3 is 6.03 Å². The maximum atomic E-state index is 13.3. The van der Waals surface area contributed by atoms with E-state index >= 15 is 0 Å². The van der Waals surface area contributed by atoms with Crippen molar-refractivity contribution in [2.24, 2.45) is 0 Å². The number of hydrogen-bond acceptors (Lipinski definition) is 5. The lowest BCUT2D eigenvalue weighted by atomic mass is 10.1. The number of hydrogen-bond donors (Lipinski definition) is 1. The number of amides is 4. The summed E-state index contributed by atoms with van der Waals surface area (Å²) in [6.45, 7) is -0.165. The molecular weight excluding hydrogens is 434 g/mol. The number of carbonyl (C=O) groups excluding carboxylic acids is 3. The number of carbonyl (C=O) groups is 3. The van der Waals surface area contributed by atoms with Crippen LogP contribution in [0.1, 0.15) is 17.2 Å². The molecule has 0 saturated carbocycles. The molecule has 174 valence electrons. The third-order valence-corrected chi connectivity index (χ3v) is 5.54. The fraction of sp³-hybridized carbons (Fsp3) is 0.192. The Labute approximate surface area is 197 Å². The first-order valence-electron chi connectivity index (χ1n) is 10.7. The Morgan fingerprint density at radius 1 is 0.882 bits per heavy atom. The van der Waals surface area contributed by atoms with Crippen molar-refractivity contribution in [3.63, 3.8) is 0 Å². The number of nitrogens with one attached hydrogen (secondary N) is 1. The molecule has 1 N–H and O–H groups in total. The van der Waals surface area contributed by atoms with Gasteiger partial charge in [0, 0.05) is 30.4 Å². The highest BCUT2D eigenvalue weighted by Crippen LogP contribution is 2.32. The average Bonchev–Trinajstić information content (AvgIpc) is 3.08. The molecule has 1 aliphatic heterocycles. The summed E-state index contributed by atoms with van der Waals surface area (Å²) in [6, 6.07) is 22.1. The van der Waals surface area contributed by atoms with Crippen LogP contribution in [0.4, 0.5) is 10.5 Å². The summed E-state index contributed by atoms with van der Waals surface area (Å²) in [5, 5.41) is 2.71. The smallest absolute Gasteiger partial charge is 0.328 e. The highest BCUT2D eigenvalue weighted by Gasteiger charge is 2.46. The monoisotopic (exact) mass is 459 g/mol. The lowest BCUT2D eigenvalue weighted by molar-refractivity contribution is -0.131. The summed E-state index contributed by atoms with van der Waals surface area (Å²) >= 11 is 0. The first-order valence-corrected chi connectivity index (χ1v) is 10.7. The summed E-state index contributed by atoms with van der Waals surface area (Å²) in [6.07, 6.45) is 0. The molecule has 1 unspecified atom stereocenters. The van der Waals surface area contributed by atoms with E-state index in [0.29, 0.717) is 22.7 Å². The third kappa shape index (κ3) is 4.85. The normalized spacial score (nSPS) is 15.4. The molecule has 34 heavy (non-hydrogen) atoms. The molecule has 4 rings (SSSR count). The number of anilines is 1. The Morgan fingerprint density at radius 2 is 1.47 bits per heavy atom. The minimum Gasteiger partial charge on any atom is -0.497 e. The molecule has 0 radical (unpaired) electrons. The Bertz CT molecular complexity index is 1160. The highest BCUT2D eigenvalue weighted by molar-refractivity contribution is 6.08. The molecule has 4 amide bonds. The molecule has 8 nitrogen and oxygen atoms in total. The second kappa shape index (κ2) is 10.1. The predicted molar refractivity (Wildman–Crippen MR) is 126 cm³/mol. The minimum atomic E-state index is -0.807. The molecule has 0 aliphatic carbocycles. The van der Waals surface area contributed by atoms with Crippen LogP contribution in [0.5, 0.6) is 11.5 Å². The molecule has 0 bridgehead atoms. The predicted octanol–water partition coefficient (Wildman–Crippen LogP) is 3.85. The first-order chi connectivity index (χ1) is 16.5. The molecule has 1 heterocycles. The summed E-state index contributed by atoms with van der Waals surface area (Å²) in [5.74, 6) is 0.0539. The van der Waals surface area contributed by atoms with Gasteiger partial charge in [0.25, 0.3) is 5.91 Å². The number of urea groups is 1. The van der Waals surface area contributed by atoms with Gasteiger partial charge in [-0.15, -0.1) is 0 Å². The van der Waals surface area contributed by atoms with E-state index in [1.165, 1.54) is 19.1 Å². The van der Waals surface area contributed by atoms with E-state index in [1.54, 1.807) is 30.3 Å². The zero-order chi connectivity index (χ0) is 24.1. The largest absolute Gasteiger partial charge is 0.497 e. The lowest BCUT2D eigenvalue weighted by Crippen LogP contribution is -2.38. The van der Waals surface area contributed by atoms with Crippen molar-refractivity contribution in [2.75, 3.05) is 26.1 Å². The molecule has 1 atom stereocenters. The van der Waals surface area contributed by atoms with Crippen LogP contribution in [0.15, 0.2) is 78.9 Å². The van der Waals surface area contributed by atoms with Crippen molar-refractivity contribution in [1.82, 2.24) is 9.80 Å². The summed E-state index contributed by atoms with van der Waals surface area (Å²) in [5.41, 5.74) is 2.01. The minimum absolute atomic E-state index is 0.246. The molecule has 1 aliphatic rings. The SMILES string of the molecule is COc1cc(NC(=O)CN2C(=O)C(c3ccccc3)N(Cc3ccccc3)C2=O)cc(OC)c1. The van der Waals surface area contributed by atoms with Crippen molar-refractivity contribution in [2.45, 2.75) is 12.6 Å². The van der Waals surface area contributed by atoms with Crippen molar-refractivity contribution in [3.05, 3.63) is 90.0 Å². The fourth-order valence-corrected chi connectivity index (χ4v) is 3.91. The van der Waals surface area contributed by atoms with E-state index in [2.05, 4.69) is 5.32 Å². The van der Waals surface area contributed by atoms with E-state index in [-0.39, 0.29) is 6.54 Å². The maximum absolute atomic E-state index is 13.3. The van der Waals surface area contributed by atoms with Crippen molar-refractivity contribution in [3.8, 4) is 11.5 Å². The maximum Gasteiger partial charge on any atom is 0.328 e. The van der Waals surface area contributed by atoms with Crippen molar-refractivity contribution >= 4 is 23.5 Å². The zero-order valence-electron chi connectivity index (χ0n) is 18.9. The Balaban J connectivity index is 1.56. The van der Waals surface area contributed by atoms with Crippen LogP contribution in [-0.4, -0.2) is 48.4 Å². The van der Waals surface area contributed by atoms with Crippen LogP contribution in [0.2, 0.25) is 0 Å². The van der Waals surface area contributed by atoms with Crippen LogP contribution in [0, 0.1) is 0 Å². The van der Waals surface area contributed by atoms with Gasteiger partial charge in [-0.3, -0.25) is 14.5 Å². The first kappa shape index (κ1) is 22.8. The third-order valence-electron chi connectivity index (χ3n) is 5.54. The van der Waals surface area contributed by atoms with E-state index < -0.39 is 30.4 Å². The van der Waals surface area contributed by atoms with Gasteiger partial charge in [0.05, 0.1) is 14.2 Å². The van der Waals surface area contributed by atoms with Crippen LogP contribution in [0.3, 0.4) is 0 Å². The van der Waals surface area contributed by atoms with Gasteiger partial charge in [-0.1, -0.05) is 60.7 Å². The number of benzene rings is 3. The van der Waals surface area contributed by atoms with E-state index in [0.717, 1.165) is 10.5 Å². The van der Waals surface area contributed by atoms with Crippen LogP contribution in [0.25, 0.3) is 0 Å². The van der Waals surface area contributed by atoms with Crippen LogP contribution >= 0.6 is 0 Å². The lowest BCUT2D eigenvalue weighted by Gasteiger charge is -2.22. The average molecular weight is 460 g/mol. The standard InChI is InChI=1S/C26H25N3O5/c1-33-21-13-20(14-22(15-21)34-2)27-23(30)17-29-25(31)24(19-11-7-4-8-12-19)28(26(29)32)16-18-9-5-3-6-10-18/h3-15,24H,16-17H2,1-2H3,(H,27,30). The fourth-order valence-electron chi connectivity index (χ4n) is 3.91. The van der Waals surface area contributed by atoms with Gasteiger partial charge in [0.1, 0.15) is 24.1 Å². The Morgan fingerprint density at radius 3 is 2.06 bits per heavy atom.